The maximum absolute atomic E-state index is 5.55. The molecule has 0 radical (unpaired) electrons. The summed E-state index contributed by atoms with van der Waals surface area (Å²) in [5, 5.41) is 0. The van der Waals surface area contributed by atoms with Crippen LogP contribution in [0.5, 0.6) is 0 Å². The minimum absolute atomic E-state index is 0.890. The third-order valence-electron chi connectivity index (χ3n) is 1.83. The van der Waals surface area contributed by atoms with Gasteiger partial charge in [-0.05, 0) is 18.6 Å². The van der Waals surface area contributed by atoms with Gasteiger partial charge in [-0.2, -0.15) is 0 Å². The van der Waals surface area contributed by atoms with Crippen LogP contribution in [0.3, 0.4) is 0 Å². The minimum Gasteiger partial charge on any atom is -0.459 e. The molecule has 0 aromatic carbocycles. The molecule has 0 aliphatic heterocycles. The fourth-order valence-electron chi connectivity index (χ4n) is 1.29. The van der Waals surface area contributed by atoms with E-state index in [1.54, 1.807) is 6.20 Å². The number of hydrogen-bond acceptors (Lipinski definition) is 2. The van der Waals surface area contributed by atoms with Crippen molar-refractivity contribution in [2.75, 3.05) is 0 Å². The Labute approximate surface area is 71.2 Å². The fraction of sp³-hybridized carbons (Fsp3) is 0.300. The minimum atomic E-state index is 0.890. The summed E-state index contributed by atoms with van der Waals surface area (Å²) >= 11 is 0. The van der Waals surface area contributed by atoms with Gasteiger partial charge in [0.1, 0.15) is 11.3 Å². The van der Waals surface area contributed by atoms with Crippen molar-refractivity contribution in [1.29, 1.82) is 0 Å². The van der Waals surface area contributed by atoms with Gasteiger partial charge >= 0.3 is 0 Å². The first-order valence-corrected chi connectivity index (χ1v) is 4.23. The van der Waals surface area contributed by atoms with Crippen LogP contribution in [0.15, 0.2) is 28.8 Å². The van der Waals surface area contributed by atoms with Gasteiger partial charge in [-0.25, -0.2) is 0 Å². The average molecular weight is 161 g/mol. The van der Waals surface area contributed by atoms with E-state index in [0.29, 0.717) is 0 Å². The lowest BCUT2D eigenvalue weighted by Gasteiger charge is -1.87. The quantitative estimate of drug-likeness (QED) is 0.676. The molecule has 0 saturated carbocycles. The SMILES string of the molecule is CCCc1cc2ncccc2o1. The lowest BCUT2D eigenvalue weighted by Crippen LogP contribution is -1.74. The lowest BCUT2D eigenvalue weighted by molar-refractivity contribution is 0.544. The number of aromatic nitrogens is 1. The van der Waals surface area contributed by atoms with E-state index in [2.05, 4.69) is 11.9 Å². The summed E-state index contributed by atoms with van der Waals surface area (Å²) < 4.78 is 5.55. The number of pyridine rings is 1. The number of nitrogens with zero attached hydrogens (tertiary/aromatic N) is 1. The summed E-state index contributed by atoms with van der Waals surface area (Å²) in [6, 6.07) is 5.85. The normalized spacial score (nSPS) is 10.8. The molecule has 12 heavy (non-hydrogen) atoms. The van der Waals surface area contributed by atoms with Crippen molar-refractivity contribution in [1.82, 2.24) is 4.98 Å². The standard InChI is InChI=1S/C10H11NO/c1-2-4-8-7-9-10(12-8)5-3-6-11-9/h3,5-7H,2,4H2,1H3. The molecule has 2 aromatic rings. The van der Waals surface area contributed by atoms with Gasteiger partial charge in [0.2, 0.25) is 0 Å². The molecule has 0 aliphatic carbocycles. The highest BCUT2D eigenvalue weighted by molar-refractivity contribution is 5.72. The van der Waals surface area contributed by atoms with Crippen LogP contribution in [0.4, 0.5) is 0 Å². The van der Waals surface area contributed by atoms with E-state index in [-0.39, 0.29) is 0 Å². The van der Waals surface area contributed by atoms with Gasteiger partial charge in [0.15, 0.2) is 5.58 Å². The van der Waals surface area contributed by atoms with E-state index in [1.807, 2.05) is 18.2 Å². The molecule has 0 aliphatic rings. The molecule has 0 amide bonds. The Kier molecular flexibility index (Phi) is 1.82. The first kappa shape index (κ1) is 7.35. The number of fused-ring (bicyclic) bond motifs is 1. The van der Waals surface area contributed by atoms with Gasteiger partial charge in [0.25, 0.3) is 0 Å². The molecule has 2 rings (SSSR count). The van der Waals surface area contributed by atoms with Crippen molar-refractivity contribution < 1.29 is 4.42 Å². The second-order valence-corrected chi connectivity index (χ2v) is 2.85. The molecule has 2 nitrogen and oxygen atoms in total. The van der Waals surface area contributed by atoms with E-state index < -0.39 is 0 Å². The zero-order valence-electron chi connectivity index (χ0n) is 7.08. The highest BCUT2D eigenvalue weighted by atomic mass is 16.3. The summed E-state index contributed by atoms with van der Waals surface area (Å²) in [7, 11) is 0. The van der Waals surface area contributed by atoms with E-state index >= 15 is 0 Å². The Morgan fingerprint density at radius 3 is 3.17 bits per heavy atom. The van der Waals surface area contributed by atoms with Crippen molar-refractivity contribution in [3.05, 3.63) is 30.2 Å². The maximum atomic E-state index is 5.55. The Hall–Kier alpha value is -1.31. The Morgan fingerprint density at radius 1 is 1.50 bits per heavy atom. The van der Waals surface area contributed by atoms with Crippen molar-refractivity contribution in [3.63, 3.8) is 0 Å². The van der Waals surface area contributed by atoms with E-state index in [4.69, 9.17) is 4.42 Å². The second-order valence-electron chi connectivity index (χ2n) is 2.85. The van der Waals surface area contributed by atoms with Gasteiger partial charge in [0.05, 0.1) is 0 Å². The number of hydrogen-bond donors (Lipinski definition) is 0. The van der Waals surface area contributed by atoms with Gasteiger partial charge in [-0.3, -0.25) is 4.98 Å². The van der Waals surface area contributed by atoms with Gasteiger partial charge < -0.3 is 4.42 Å². The lowest BCUT2D eigenvalue weighted by atomic mass is 10.3. The topological polar surface area (TPSA) is 26.0 Å². The zero-order chi connectivity index (χ0) is 8.39. The second kappa shape index (κ2) is 2.97. The molecule has 0 unspecified atom stereocenters. The molecule has 0 N–H and O–H groups in total. The van der Waals surface area contributed by atoms with Crippen LogP contribution in [0.25, 0.3) is 11.1 Å². The van der Waals surface area contributed by atoms with Crippen LogP contribution < -0.4 is 0 Å². The number of rotatable bonds is 2. The van der Waals surface area contributed by atoms with Gasteiger partial charge in [0, 0.05) is 18.7 Å². The first-order valence-electron chi connectivity index (χ1n) is 4.23. The molecule has 2 heteroatoms. The zero-order valence-corrected chi connectivity index (χ0v) is 7.08. The molecular weight excluding hydrogens is 150 g/mol. The summed E-state index contributed by atoms with van der Waals surface area (Å²) in [6.45, 7) is 2.14. The Balaban J connectivity index is 2.47. The molecular formula is C10H11NO. The van der Waals surface area contributed by atoms with Crippen LogP contribution in [0, 0.1) is 0 Å². The Bertz CT molecular complexity index is 345. The highest BCUT2D eigenvalue weighted by Crippen LogP contribution is 2.17. The third kappa shape index (κ3) is 1.20. The molecule has 2 aromatic heterocycles. The average Bonchev–Trinajstić information content (AvgIpc) is 2.47. The smallest absolute Gasteiger partial charge is 0.152 e. The molecule has 0 bridgehead atoms. The third-order valence-corrected chi connectivity index (χ3v) is 1.83. The predicted octanol–water partition coefficient (Wildman–Crippen LogP) is 2.78. The van der Waals surface area contributed by atoms with Crippen molar-refractivity contribution in [2.45, 2.75) is 19.8 Å². The first-order chi connectivity index (χ1) is 5.90. The van der Waals surface area contributed by atoms with E-state index in [9.17, 15) is 0 Å². The summed E-state index contributed by atoms with van der Waals surface area (Å²) in [6.07, 6.45) is 3.89. The van der Waals surface area contributed by atoms with E-state index in [1.165, 1.54) is 0 Å². The Morgan fingerprint density at radius 2 is 2.42 bits per heavy atom. The van der Waals surface area contributed by atoms with Gasteiger partial charge in [-0.15, -0.1) is 0 Å². The number of aryl methyl sites for hydroxylation is 1. The summed E-state index contributed by atoms with van der Waals surface area (Å²) in [4.78, 5) is 4.19. The van der Waals surface area contributed by atoms with Crippen molar-refractivity contribution in [3.8, 4) is 0 Å². The summed E-state index contributed by atoms with van der Waals surface area (Å²) in [5.41, 5.74) is 1.85. The van der Waals surface area contributed by atoms with Crippen molar-refractivity contribution >= 4 is 11.1 Å². The van der Waals surface area contributed by atoms with Gasteiger partial charge in [-0.1, -0.05) is 6.92 Å². The monoisotopic (exact) mass is 161 g/mol. The fourth-order valence-corrected chi connectivity index (χ4v) is 1.29. The molecule has 0 atom stereocenters. The van der Waals surface area contributed by atoms with Crippen LogP contribution in [-0.4, -0.2) is 4.98 Å². The molecule has 0 spiro atoms. The van der Waals surface area contributed by atoms with Crippen LogP contribution >= 0.6 is 0 Å². The van der Waals surface area contributed by atoms with Crippen LogP contribution in [0.1, 0.15) is 19.1 Å². The highest BCUT2D eigenvalue weighted by Gasteiger charge is 2.01. The summed E-state index contributed by atoms with van der Waals surface area (Å²) in [5.74, 6) is 1.03. The van der Waals surface area contributed by atoms with Crippen LogP contribution in [-0.2, 0) is 6.42 Å². The van der Waals surface area contributed by atoms with Crippen molar-refractivity contribution in [2.24, 2.45) is 0 Å². The van der Waals surface area contributed by atoms with E-state index in [0.717, 1.165) is 29.7 Å². The predicted molar refractivity (Wildman–Crippen MR) is 48.0 cm³/mol. The molecule has 0 saturated heterocycles. The van der Waals surface area contributed by atoms with Crippen LogP contribution in [0.2, 0.25) is 0 Å². The molecule has 62 valence electrons. The number of furan rings is 1. The molecule has 0 fully saturated rings. The maximum Gasteiger partial charge on any atom is 0.152 e. The largest absolute Gasteiger partial charge is 0.459 e. The molecule has 2 heterocycles.